The summed E-state index contributed by atoms with van der Waals surface area (Å²) in [4.78, 5) is 12.3. The molecule has 0 aliphatic rings. The summed E-state index contributed by atoms with van der Waals surface area (Å²) in [5.41, 5.74) is 0.444. The van der Waals surface area contributed by atoms with Crippen LogP contribution in [-0.4, -0.2) is 5.91 Å². The molecule has 2 aromatic carbocycles. The summed E-state index contributed by atoms with van der Waals surface area (Å²) in [6.07, 6.45) is 1.27. The zero-order valence-corrected chi connectivity index (χ0v) is 15.2. The van der Waals surface area contributed by atoms with Gasteiger partial charge in [0.15, 0.2) is 0 Å². The maximum absolute atomic E-state index is 13.8. The highest BCUT2D eigenvalue weighted by Crippen LogP contribution is 2.26. The van der Waals surface area contributed by atoms with Crippen molar-refractivity contribution in [1.29, 1.82) is 5.26 Å². The summed E-state index contributed by atoms with van der Waals surface area (Å²) < 4.78 is 19.4. The number of anilines is 1. The molecular formula is C20H11Cl2FN2O2. The van der Waals surface area contributed by atoms with Crippen molar-refractivity contribution in [3.05, 3.63) is 81.8 Å². The predicted octanol–water partition coefficient (Wildman–Crippen LogP) is 5.94. The number of carbonyl (C=O) groups excluding carboxylic acids is 1. The van der Waals surface area contributed by atoms with E-state index in [1.54, 1.807) is 30.3 Å². The molecule has 0 bridgehead atoms. The van der Waals surface area contributed by atoms with Crippen LogP contribution in [0.5, 0.6) is 0 Å². The van der Waals surface area contributed by atoms with Crippen molar-refractivity contribution < 1.29 is 13.6 Å². The van der Waals surface area contributed by atoms with Gasteiger partial charge >= 0.3 is 0 Å². The van der Waals surface area contributed by atoms with Crippen LogP contribution >= 0.6 is 23.2 Å². The third kappa shape index (κ3) is 4.56. The van der Waals surface area contributed by atoms with E-state index in [2.05, 4.69) is 5.32 Å². The van der Waals surface area contributed by atoms with Gasteiger partial charge in [0.05, 0.1) is 5.56 Å². The lowest BCUT2D eigenvalue weighted by Crippen LogP contribution is -2.13. The zero-order chi connectivity index (χ0) is 19.4. The average molecular weight is 401 g/mol. The number of hydrogen-bond acceptors (Lipinski definition) is 3. The molecule has 1 heterocycles. The summed E-state index contributed by atoms with van der Waals surface area (Å²) in [5, 5.41) is 12.5. The smallest absolute Gasteiger partial charge is 0.266 e. The molecule has 0 aliphatic carbocycles. The minimum atomic E-state index is -0.653. The highest BCUT2D eigenvalue weighted by Gasteiger charge is 2.13. The van der Waals surface area contributed by atoms with Crippen LogP contribution in [0.25, 0.3) is 17.4 Å². The van der Waals surface area contributed by atoms with E-state index in [0.29, 0.717) is 21.5 Å². The molecule has 0 fully saturated rings. The molecule has 134 valence electrons. The highest BCUT2D eigenvalue weighted by atomic mass is 35.5. The molecule has 0 saturated carbocycles. The minimum absolute atomic E-state index is 0.194. The fraction of sp³-hybridized carbons (Fsp3) is 0. The van der Waals surface area contributed by atoms with Gasteiger partial charge in [-0.1, -0.05) is 35.3 Å². The van der Waals surface area contributed by atoms with Crippen LogP contribution in [0, 0.1) is 17.1 Å². The number of nitrogens with one attached hydrogen (secondary N) is 1. The lowest BCUT2D eigenvalue weighted by atomic mass is 10.1. The van der Waals surface area contributed by atoms with Gasteiger partial charge < -0.3 is 9.73 Å². The van der Waals surface area contributed by atoms with Crippen molar-refractivity contribution in [2.24, 2.45) is 0 Å². The Morgan fingerprint density at radius 2 is 1.81 bits per heavy atom. The standard InChI is InChI=1S/C20H11Cl2FN2O2/c21-13-8-14(22)10-15(9-13)25-20(26)12(11-24)7-16-5-6-19(27-16)17-3-1-2-4-18(17)23/h1-10H,(H,25,26)/b12-7+. The van der Waals surface area contributed by atoms with Crippen LogP contribution in [0.3, 0.4) is 0 Å². The van der Waals surface area contributed by atoms with Crippen molar-refractivity contribution in [1.82, 2.24) is 0 Å². The van der Waals surface area contributed by atoms with Crippen LogP contribution in [0.1, 0.15) is 5.76 Å². The second-order valence-electron chi connectivity index (χ2n) is 5.46. The molecule has 1 aromatic heterocycles. The van der Waals surface area contributed by atoms with Crippen molar-refractivity contribution in [2.45, 2.75) is 0 Å². The molecule has 3 rings (SSSR count). The van der Waals surface area contributed by atoms with Gasteiger partial charge in [-0.25, -0.2) is 4.39 Å². The number of hydrogen-bond donors (Lipinski definition) is 1. The Labute approximate surface area is 164 Å². The van der Waals surface area contributed by atoms with E-state index < -0.39 is 11.7 Å². The molecule has 27 heavy (non-hydrogen) atoms. The summed E-state index contributed by atoms with van der Waals surface area (Å²) in [7, 11) is 0. The second-order valence-corrected chi connectivity index (χ2v) is 6.34. The van der Waals surface area contributed by atoms with Crippen LogP contribution in [0.2, 0.25) is 10.0 Å². The monoisotopic (exact) mass is 400 g/mol. The fourth-order valence-electron chi connectivity index (χ4n) is 2.35. The third-order valence-corrected chi connectivity index (χ3v) is 3.97. The summed E-state index contributed by atoms with van der Waals surface area (Å²) >= 11 is 11.8. The van der Waals surface area contributed by atoms with Crippen LogP contribution in [-0.2, 0) is 4.79 Å². The molecule has 1 amide bonds. The van der Waals surface area contributed by atoms with Gasteiger partial charge in [-0.2, -0.15) is 5.26 Å². The number of halogens is 3. The molecule has 4 nitrogen and oxygen atoms in total. The van der Waals surface area contributed by atoms with Crippen molar-refractivity contribution in [2.75, 3.05) is 5.32 Å². The normalized spacial score (nSPS) is 11.1. The van der Waals surface area contributed by atoms with Crippen molar-refractivity contribution >= 4 is 40.9 Å². The molecule has 0 saturated heterocycles. The first-order valence-electron chi connectivity index (χ1n) is 7.70. The number of nitriles is 1. The van der Waals surface area contributed by atoms with Crippen molar-refractivity contribution in [3.63, 3.8) is 0 Å². The molecular weight excluding hydrogens is 390 g/mol. The fourth-order valence-corrected chi connectivity index (χ4v) is 2.88. The third-order valence-electron chi connectivity index (χ3n) is 3.54. The Morgan fingerprint density at radius 3 is 2.48 bits per heavy atom. The predicted molar refractivity (Wildman–Crippen MR) is 103 cm³/mol. The first-order valence-corrected chi connectivity index (χ1v) is 8.46. The Hall–Kier alpha value is -3.07. The van der Waals surface area contributed by atoms with Gasteiger partial charge in [-0.3, -0.25) is 4.79 Å². The van der Waals surface area contributed by atoms with Crippen LogP contribution in [0.4, 0.5) is 10.1 Å². The number of nitrogens with zero attached hydrogens (tertiary/aromatic N) is 1. The van der Waals surface area contributed by atoms with E-state index in [4.69, 9.17) is 27.6 Å². The van der Waals surface area contributed by atoms with Gasteiger partial charge in [0.2, 0.25) is 0 Å². The maximum Gasteiger partial charge on any atom is 0.266 e. The SMILES string of the molecule is N#C/C(=C\c1ccc(-c2ccccc2F)o1)C(=O)Nc1cc(Cl)cc(Cl)c1. The maximum atomic E-state index is 13.8. The molecule has 1 N–H and O–H groups in total. The number of carbonyl (C=O) groups is 1. The molecule has 0 aliphatic heterocycles. The Balaban J connectivity index is 1.83. The first-order chi connectivity index (χ1) is 13.0. The Morgan fingerprint density at radius 1 is 1.11 bits per heavy atom. The highest BCUT2D eigenvalue weighted by molar-refractivity contribution is 6.35. The molecule has 7 heteroatoms. The second kappa shape index (κ2) is 8.09. The van der Waals surface area contributed by atoms with E-state index >= 15 is 0 Å². The summed E-state index contributed by atoms with van der Waals surface area (Å²) in [5.74, 6) is -0.555. The number of furan rings is 1. The molecule has 3 aromatic rings. The largest absolute Gasteiger partial charge is 0.457 e. The molecule has 0 spiro atoms. The van der Waals surface area contributed by atoms with Gasteiger partial charge in [0.1, 0.15) is 29.0 Å². The average Bonchev–Trinajstić information content (AvgIpc) is 3.07. The van der Waals surface area contributed by atoms with Gasteiger partial charge in [-0.15, -0.1) is 0 Å². The lowest BCUT2D eigenvalue weighted by molar-refractivity contribution is -0.112. The van der Waals surface area contributed by atoms with Crippen LogP contribution < -0.4 is 5.32 Å². The minimum Gasteiger partial charge on any atom is -0.457 e. The quantitative estimate of drug-likeness (QED) is 0.435. The van der Waals surface area contributed by atoms with E-state index in [1.807, 2.05) is 6.07 Å². The number of rotatable bonds is 4. The molecule has 0 atom stereocenters. The summed E-state index contributed by atoms with van der Waals surface area (Å²) in [6.45, 7) is 0. The molecule has 0 unspecified atom stereocenters. The van der Waals surface area contributed by atoms with Gasteiger partial charge in [0, 0.05) is 21.8 Å². The van der Waals surface area contributed by atoms with E-state index in [9.17, 15) is 14.4 Å². The lowest BCUT2D eigenvalue weighted by Gasteiger charge is -2.05. The Bertz CT molecular complexity index is 1060. The molecule has 0 radical (unpaired) electrons. The first kappa shape index (κ1) is 18.7. The summed E-state index contributed by atoms with van der Waals surface area (Å²) in [6, 6.07) is 15.6. The number of benzene rings is 2. The van der Waals surface area contributed by atoms with E-state index in [1.165, 1.54) is 30.3 Å². The van der Waals surface area contributed by atoms with Gasteiger partial charge in [-0.05, 0) is 42.5 Å². The zero-order valence-electron chi connectivity index (χ0n) is 13.7. The Kier molecular flexibility index (Phi) is 5.60. The van der Waals surface area contributed by atoms with Crippen LogP contribution in [0.15, 0.2) is 64.6 Å². The van der Waals surface area contributed by atoms with E-state index in [0.717, 1.165) is 0 Å². The number of amides is 1. The van der Waals surface area contributed by atoms with Crippen molar-refractivity contribution in [3.8, 4) is 17.4 Å². The van der Waals surface area contributed by atoms with Gasteiger partial charge in [0.25, 0.3) is 5.91 Å². The van der Waals surface area contributed by atoms with E-state index in [-0.39, 0.29) is 16.9 Å². The topological polar surface area (TPSA) is 66.0 Å².